The van der Waals surface area contributed by atoms with Gasteiger partial charge < -0.3 is 49.6 Å². The molecule has 0 aromatic heterocycles. The third-order valence-corrected chi connectivity index (χ3v) is 5.31. The zero-order chi connectivity index (χ0) is 21.5. The molecule has 0 amide bonds. The normalized spacial score (nSPS) is 43.9. The molecule has 2 heterocycles. The number of aliphatic hydroxyl groups is 5. The first kappa shape index (κ1) is 21.6. The molecule has 12 heteroatoms. The maximum absolute atomic E-state index is 12.0. The van der Waals surface area contributed by atoms with Crippen LogP contribution in [0.1, 0.15) is 0 Å². The molecule has 1 aliphatic carbocycles. The van der Waals surface area contributed by atoms with Crippen LogP contribution in [0.2, 0.25) is 0 Å². The van der Waals surface area contributed by atoms with Gasteiger partial charge in [0.05, 0.1) is 31.5 Å². The number of carboxylic acids is 1. The van der Waals surface area contributed by atoms with Crippen LogP contribution in [0.3, 0.4) is 0 Å². The smallest absolute Gasteiger partial charge is 0.340 e. The van der Waals surface area contributed by atoms with E-state index < -0.39 is 73.0 Å². The number of carboxylic acid groups (broad SMARTS) is 1. The lowest BCUT2D eigenvalue weighted by molar-refractivity contribution is -0.345. The summed E-state index contributed by atoms with van der Waals surface area (Å²) in [4.78, 5) is 23.7. The highest BCUT2D eigenvalue weighted by Gasteiger charge is 2.59. The summed E-state index contributed by atoms with van der Waals surface area (Å²) in [5, 5.41) is 59.2. The average Bonchev–Trinajstić information content (AvgIpc) is 3.07. The molecular formula is C17H22O12. The number of aliphatic hydroxyl groups excluding tert-OH is 4. The predicted octanol–water partition coefficient (Wildman–Crippen LogP) is -3.17. The van der Waals surface area contributed by atoms with Crippen molar-refractivity contribution >= 4 is 11.9 Å². The van der Waals surface area contributed by atoms with Crippen LogP contribution in [0.4, 0.5) is 0 Å². The Labute approximate surface area is 164 Å². The van der Waals surface area contributed by atoms with Crippen LogP contribution in [0.15, 0.2) is 24.0 Å². The SMILES string of the molecule is COC(=O)C1=CO[C@@H](O[C@@H]2O[C@H](CO)[C@@H](O)[C@H](O)[C@@H]2O)[C@H]2[C@H]1C=C[C@]2(O)C(=O)O. The Kier molecular flexibility index (Phi) is 5.96. The van der Waals surface area contributed by atoms with Gasteiger partial charge in [-0.25, -0.2) is 9.59 Å². The van der Waals surface area contributed by atoms with Crippen LogP contribution in [-0.2, 0) is 28.5 Å². The maximum Gasteiger partial charge on any atom is 0.340 e. The number of carbonyl (C=O) groups is 2. The van der Waals surface area contributed by atoms with Crippen molar-refractivity contribution in [1.29, 1.82) is 0 Å². The molecule has 0 radical (unpaired) electrons. The van der Waals surface area contributed by atoms with Crippen molar-refractivity contribution < 1.29 is 59.2 Å². The number of fused-ring (bicyclic) bond motifs is 1. The maximum atomic E-state index is 12.0. The van der Waals surface area contributed by atoms with Crippen molar-refractivity contribution in [2.45, 2.75) is 42.6 Å². The summed E-state index contributed by atoms with van der Waals surface area (Å²) in [5.41, 5.74) is -2.53. The quantitative estimate of drug-likeness (QED) is 0.194. The molecule has 0 unspecified atom stereocenters. The molecule has 162 valence electrons. The molecule has 0 aromatic carbocycles. The van der Waals surface area contributed by atoms with Crippen molar-refractivity contribution in [2.75, 3.05) is 13.7 Å². The molecule has 1 saturated heterocycles. The zero-order valence-corrected chi connectivity index (χ0v) is 15.2. The Balaban J connectivity index is 1.89. The van der Waals surface area contributed by atoms with Crippen LogP contribution in [0.5, 0.6) is 0 Å². The Hall–Kier alpha value is -2.06. The van der Waals surface area contributed by atoms with E-state index in [9.17, 15) is 40.2 Å². The van der Waals surface area contributed by atoms with Crippen LogP contribution >= 0.6 is 0 Å². The molecule has 9 atom stereocenters. The Morgan fingerprint density at radius 3 is 2.45 bits per heavy atom. The zero-order valence-electron chi connectivity index (χ0n) is 15.2. The minimum Gasteiger partial charge on any atom is -0.479 e. The second kappa shape index (κ2) is 7.99. The fraction of sp³-hybridized carbons (Fsp3) is 0.647. The highest BCUT2D eigenvalue weighted by Crippen LogP contribution is 2.46. The van der Waals surface area contributed by atoms with Gasteiger partial charge in [-0.05, 0) is 6.08 Å². The van der Waals surface area contributed by atoms with E-state index in [1.165, 1.54) is 6.08 Å². The summed E-state index contributed by atoms with van der Waals surface area (Å²) in [6.07, 6.45) is -6.29. The number of carbonyl (C=O) groups excluding carboxylic acids is 1. The third-order valence-electron chi connectivity index (χ3n) is 5.31. The molecule has 1 fully saturated rings. The van der Waals surface area contributed by atoms with Gasteiger partial charge in [0.15, 0.2) is 11.9 Å². The summed E-state index contributed by atoms with van der Waals surface area (Å²) in [5.74, 6) is -4.75. The first-order valence-electron chi connectivity index (χ1n) is 8.70. The third kappa shape index (κ3) is 3.53. The van der Waals surface area contributed by atoms with E-state index in [-0.39, 0.29) is 5.57 Å². The Bertz CT molecular complexity index is 717. The minimum atomic E-state index is -2.48. The van der Waals surface area contributed by atoms with Crippen molar-refractivity contribution in [3.05, 3.63) is 24.0 Å². The fourth-order valence-electron chi connectivity index (χ4n) is 3.68. The first-order chi connectivity index (χ1) is 13.7. The first-order valence-corrected chi connectivity index (χ1v) is 8.70. The molecule has 2 aliphatic heterocycles. The van der Waals surface area contributed by atoms with Gasteiger partial charge in [0.25, 0.3) is 0 Å². The predicted molar refractivity (Wildman–Crippen MR) is 88.5 cm³/mol. The van der Waals surface area contributed by atoms with Crippen molar-refractivity contribution in [3.8, 4) is 0 Å². The van der Waals surface area contributed by atoms with Gasteiger partial charge in [-0.3, -0.25) is 0 Å². The molecule has 29 heavy (non-hydrogen) atoms. The van der Waals surface area contributed by atoms with E-state index in [4.69, 9.17) is 14.2 Å². The lowest BCUT2D eigenvalue weighted by Crippen LogP contribution is -2.61. The van der Waals surface area contributed by atoms with E-state index >= 15 is 0 Å². The lowest BCUT2D eigenvalue weighted by atomic mass is 9.79. The van der Waals surface area contributed by atoms with E-state index in [1.54, 1.807) is 0 Å². The van der Waals surface area contributed by atoms with Crippen molar-refractivity contribution in [2.24, 2.45) is 11.8 Å². The van der Waals surface area contributed by atoms with Crippen molar-refractivity contribution in [1.82, 2.24) is 0 Å². The second-order valence-corrected chi connectivity index (χ2v) is 6.94. The monoisotopic (exact) mass is 418 g/mol. The highest BCUT2D eigenvalue weighted by atomic mass is 16.8. The van der Waals surface area contributed by atoms with E-state index in [2.05, 4.69) is 4.74 Å². The van der Waals surface area contributed by atoms with Gasteiger partial charge in [0.1, 0.15) is 24.4 Å². The van der Waals surface area contributed by atoms with E-state index in [0.717, 1.165) is 19.4 Å². The lowest BCUT2D eigenvalue weighted by Gasteiger charge is -2.43. The van der Waals surface area contributed by atoms with E-state index in [0.29, 0.717) is 0 Å². The highest BCUT2D eigenvalue weighted by molar-refractivity contribution is 5.91. The minimum absolute atomic E-state index is 0.0559. The Morgan fingerprint density at radius 1 is 1.17 bits per heavy atom. The molecule has 12 nitrogen and oxygen atoms in total. The second-order valence-electron chi connectivity index (χ2n) is 6.94. The Morgan fingerprint density at radius 2 is 1.86 bits per heavy atom. The van der Waals surface area contributed by atoms with Crippen LogP contribution in [0.25, 0.3) is 0 Å². The van der Waals surface area contributed by atoms with Crippen LogP contribution < -0.4 is 0 Å². The molecule has 3 aliphatic rings. The largest absolute Gasteiger partial charge is 0.479 e. The number of esters is 1. The standard InChI is InChI=1S/C17H22O12/c1-26-13(22)7-5-27-14(9-6(7)2-3-17(9,25)16(23)24)29-15-12(21)11(20)10(19)8(4-18)28-15/h2-3,5-6,8-12,14-15,18-21,25H,4H2,1H3,(H,23,24)/t6-,8+,9+,10+,11-,12-,14-,15-,17+/m0/s1. The molecular weight excluding hydrogens is 396 g/mol. The average molecular weight is 418 g/mol. The summed E-state index contributed by atoms with van der Waals surface area (Å²) >= 11 is 0. The van der Waals surface area contributed by atoms with Crippen LogP contribution in [-0.4, -0.2) is 98.9 Å². The van der Waals surface area contributed by atoms with Gasteiger partial charge >= 0.3 is 11.9 Å². The number of hydrogen-bond acceptors (Lipinski definition) is 11. The number of allylic oxidation sites excluding steroid dienone is 1. The summed E-state index contributed by atoms with van der Waals surface area (Å²) in [6, 6.07) is 0. The van der Waals surface area contributed by atoms with Crippen LogP contribution in [0, 0.1) is 11.8 Å². The van der Waals surface area contributed by atoms with Gasteiger partial charge in [-0.1, -0.05) is 6.08 Å². The molecule has 0 aromatic rings. The summed E-state index contributed by atoms with van der Waals surface area (Å²) in [6.45, 7) is -0.699. The summed E-state index contributed by atoms with van der Waals surface area (Å²) in [7, 11) is 1.12. The number of methoxy groups -OCH3 is 1. The van der Waals surface area contributed by atoms with Gasteiger partial charge in [0, 0.05) is 5.92 Å². The number of aliphatic carboxylic acids is 1. The number of hydrogen-bond donors (Lipinski definition) is 6. The van der Waals surface area contributed by atoms with Crippen molar-refractivity contribution in [3.63, 3.8) is 0 Å². The van der Waals surface area contributed by atoms with Gasteiger partial charge in [-0.15, -0.1) is 0 Å². The van der Waals surface area contributed by atoms with Gasteiger partial charge in [-0.2, -0.15) is 0 Å². The molecule has 0 spiro atoms. The molecule has 0 saturated carbocycles. The molecule has 6 N–H and O–H groups in total. The fourth-order valence-corrected chi connectivity index (χ4v) is 3.68. The topological polar surface area (TPSA) is 192 Å². The molecule has 0 bridgehead atoms. The van der Waals surface area contributed by atoms with E-state index in [1.807, 2.05) is 0 Å². The molecule has 3 rings (SSSR count). The number of ether oxygens (including phenoxy) is 4. The van der Waals surface area contributed by atoms with Gasteiger partial charge in [0.2, 0.25) is 6.29 Å². The number of rotatable bonds is 5. The summed E-state index contributed by atoms with van der Waals surface area (Å²) < 4.78 is 20.7.